The Bertz CT molecular complexity index is 587. The van der Waals surface area contributed by atoms with Gasteiger partial charge in [-0.3, -0.25) is 4.98 Å². The Balaban J connectivity index is 2.86. The van der Waals surface area contributed by atoms with Crippen LogP contribution in [0.1, 0.15) is 30.9 Å². The van der Waals surface area contributed by atoms with Crippen LogP contribution < -0.4 is 0 Å². The van der Waals surface area contributed by atoms with E-state index in [4.69, 9.17) is 0 Å². The third kappa shape index (κ3) is 2.05. The lowest BCUT2D eigenvalue weighted by Crippen LogP contribution is -2.08. The number of fused-ring (bicyclic) bond motifs is 1. The Morgan fingerprint density at radius 2 is 1.83 bits per heavy atom. The quantitative estimate of drug-likeness (QED) is 0.684. The van der Waals surface area contributed by atoms with E-state index in [-0.39, 0.29) is 22.4 Å². The van der Waals surface area contributed by atoms with Gasteiger partial charge in [0.2, 0.25) is 0 Å². The van der Waals surface area contributed by atoms with Crippen molar-refractivity contribution < 1.29 is 17.6 Å². The summed E-state index contributed by atoms with van der Waals surface area (Å²) in [6, 6.07) is 3.70. The van der Waals surface area contributed by atoms with Crippen LogP contribution >= 0.6 is 0 Å². The maximum atomic E-state index is 13.7. The van der Waals surface area contributed by atoms with Crippen LogP contribution in [-0.4, -0.2) is 4.98 Å². The van der Waals surface area contributed by atoms with Crippen molar-refractivity contribution in [3.05, 3.63) is 41.3 Å². The first-order valence-corrected chi connectivity index (χ1v) is 5.46. The SMILES string of the molecule is CC(C)c1c(F)cnc2c(C(F)(F)F)cccc12. The van der Waals surface area contributed by atoms with Crippen LogP contribution in [0.15, 0.2) is 24.4 Å². The molecule has 0 aliphatic rings. The summed E-state index contributed by atoms with van der Waals surface area (Å²) in [6.45, 7) is 3.47. The van der Waals surface area contributed by atoms with Gasteiger partial charge in [-0.2, -0.15) is 13.2 Å². The molecule has 0 spiro atoms. The van der Waals surface area contributed by atoms with E-state index in [0.717, 1.165) is 12.3 Å². The predicted octanol–water partition coefficient (Wildman–Crippen LogP) is 4.52. The van der Waals surface area contributed by atoms with Gasteiger partial charge < -0.3 is 0 Å². The lowest BCUT2D eigenvalue weighted by Gasteiger charge is -2.14. The molecule has 2 rings (SSSR count). The number of para-hydroxylation sites is 1. The fraction of sp³-hybridized carbons (Fsp3) is 0.308. The molecule has 0 radical (unpaired) electrons. The molecule has 0 saturated heterocycles. The maximum Gasteiger partial charge on any atom is 0.418 e. The molecule has 18 heavy (non-hydrogen) atoms. The highest BCUT2D eigenvalue weighted by Crippen LogP contribution is 2.36. The maximum absolute atomic E-state index is 13.7. The first kappa shape index (κ1) is 12.8. The molecular formula is C13H11F4N. The van der Waals surface area contributed by atoms with Gasteiger partial charge >= 0.3 is 6.18 Å². The molecule has 1 aromatic carbocycles. The molecular weight excluding hydrogens is 246 g/mol. The fourth-order valence-corrected chi connectivity index (χ4v) is 2.03. The van der Waals surface area contributed by atoms with Gasteiger partial charge in [-0.15, -0.1) is 0 Å². The van der Waals surface area contributed by atoms with Gasteiger partial charge in [0.05, 0.1) is 17.3 Å². The van der Waals surface area contributed by atoms with Crippen molar-refractivity contribution in [1.82, 2.24) is 4.98 Å². The Kier molecular flexibility index (Phi) is 3.00. The minimum Gasteiger partial charge on any atom is -0.253 e. The predicted molar refractivity (Wildman–Crippen MR) is 60.8 cm³/mol. The summed E-state index contributed by atoms with van der Waals surface area (Å²) < 4.78 is 52.1. The first-order valence-electron chi connectivity index (χ1n) is 5.46. The second-order valence-electron chi connectivity index (χ2n) is 4.37. The summed E-state index contributed by atoms with van der Waals surface area (Å²) in [5.74, 6) is -0.782. The normalized spacial score (nSPS) is 12.4. The molecule has 0 bridgehead atoms. The molecule has 5 heteroatoms. The number of pyridine rings is 1. The summed E-state index contributed by atoms with van der Waals surface area (Å²) in [5, 5.41) is 0.222. The number of hydrogen-bond acceptors (Lipinski definition) is 1. The average Bonchev–Trinajstić information content (AvgIpc) is 2.25. The molecule has 96 valence electrons. The van der Waals surface area contributed by atoms with E-state index in [2.05, 4.69) is 4.98 Å². The molecule has 1 nitrogen and oxygen atoms in total. The molecule has 1 aromatic heterocycles. The fourth-order valence-electron chi connectivity index (χ4n) is 2.03. The summed E-state index contributed by atoms with van der Waals surface area (Å²) >= 11 is 0. The molecule has 1 heterocycles. The first-order chi connectivity index (χ1) is 8.32. The molecule has 0 aliphatic carbocycles. The molecule has 0 saturated carbocycles. The highest BCUT2D eigenvalue weighted by Gasteiger charge is 2.33. The Morgan fingerprint density at radius 3 is 2.39 bits per heavy atom. The van der Waals surface area contributed by atoms with Gasteiger partial charge in [-0.05, 0) is 12.0 Å². The number of benzene rings is 1. The van der Waals surface area contributed by atoms with E-state index < -0.39 is 17.6 Å². The minimum absolute atomic E-state index is 0.199. The van der Waals surface area contributed by atoms with E-state index in [1.807, 2.05) is 0 Å². The van der Waals surface area contributed by atoms with E-state index in [0.29, 0.717) is 0 Å². The van der Waals surface area contributed by atoms with Crippen LogP contribution in [0.5, 0.6) is 0 Å². The van der Waals surface area contributed by atoms with Crippen molar-refractivity contribution >= 4 is 10.9 Å². The summed E-state index contributed by atoms with van der Waals surface area (Å²) in [7, 11) is 0. The second-order valence-corrected chi connectivity index (χ2v) is 4.37. The van der Waals surface area contributed by atoms with Crippen LogP contribution in [0.2, 0.25) is 0 Å². The summed E-state index contributed by atoms with van der Waals surface area (Å²) in [4.78, 5) is 3.60. The Labute approximate surface area is 101 Å². The van der Waals surface area contributed by atoms with Gasteiger partial charge in [0.15, 0.2) is 0 Å². The number of hydrogen-bond donors (Lipinski definition) is 0. The van der Waals surface area contributed by atoms with E-state index in [1.165, 1.54) is 12.1 Å². The van der Waals surface area contributed by atoms with Gasteiger partial charge in [0.25, 0.3) is 0 Å². The van der Waals surface area contributed by atoms with Crippen molar-refractivity contribution in [1.29, 1.82) is 0 Å². The number of halogens is 4. The van der Waals surface area contributed by atoms with Crippen molar-refractivity contribution in [2.45, 2.75) is 25.9 Å². The molecule has 0 N–H and O–H groups in total. The van der Waals surface area contributed by atoms with Gasteiger partial charge in [0.1, 0.15) is 5.82 Å². The molecule has 0 aliphatic heterocycles. The zero-order chi connectivity index (χ0) is 13.5. The molecule has 2 aromatic rings. The average molecular weight is 257 g/mol. The molecule has 0 unspecified atom stereocenters. The third-order valence-electron chi connectivity index (χ3n) is 2.77. The molecule has 0 amide bonds. The van der Waals surface area contributed by atoms with Gasteiger partial charge in [0, 0.05) is 10.9 Å². The molecule has 0 fully saturated rings. The molecule has 0 atom stereocenters. The van der Waals surface area contributed by atoms with E-state index in [9.17, 15) is 17.6 Å². The number of aromatic nitrogens is 1. The topological polar surface area (TPSA) is 12.9 Å². The monoisotopic (exact) mass is 257 g/mol. The number of nitrogens with zero attached hydrogens (tertiary/aromatic N) is 1. The van der Waals surface area contributed by atoms with Crippen molar-refractivity contribution in [2.75, 3.05) is 0 Å². The largest absolute Gasteiger partial charge is 0.418 e. The van der Waals surface area contributed by atoms with Crippen LogP contribution in [-0.2, 0) is 6.18 Å². The van der Waals surface area contributed by atoms with E-state index >= 15 is 0 Å². The Hall–Kier alpha value is -1.65. The van der Waals surface area contributed by atoms with Gasteiger partial charge in [-0.25, -0.2) is 4.39 Å². The van der Waals surface area contributed by atoms with Crippen LogP contribution in [0.25, 0.3) is 10.9 Å². The standard InChI is InChI=1S/C13H11F4N/c1-7(2)11-8-4-3-5-9(13(15,16)17)12(8)18-6-10(11)14/h3-7H,1-2H3. The number of alkyl halides is 3. The highest BCUT2D eigenvalue weighted by atomic mass is 19.4. The van der Waals surface area contributed by atoms with Gasteiger partial charge in [-0.1, -0.05) is 26.0 Å². The van der Waals surface area contributed by atoms with Crippen LogP contribution in [0, 0.1) is 5.82 Å². The zero-order valence-corrected chi connectivity index (χ0v) is 9.85. The third-order valence-corrected chi connectivity index (χ3v) is 2.77. The van der Waals surface area contributed by atoms with E-state index in [1.54, 1.807) is 13.8 Å². The van der Waals surface area contributed by atoms with Crippen LogP contribution in [0.3, 0.4) is 0 Å². The van der Waals surface area contributed by atoms with Crippen LogP contribution in [0.4, 0.5) is 17.6 Å². The second kappa shape index (κ2) is 4.23. The van der Waals surface area contributed by atoms with Crippen molar-refractivity contribution in [2.24, 2.45) is 0 Å². The summed E-state index contributed by atoms with van der Waals surface area (Å²) in [5.41, 5.74) is -0.761. The smallest absolute Gasteiger partial charge is 0.253 e. The van der Waals surface area contributed by atoms with Crippen molar-refractivity contribution in [3.8, 4) is 0 Å². The number of rotatable bonds is 1. The lowest BCUT2D eigenvalue weighted by atomic mass is 9.96. The van der Waals surface area contributed by atoms with Crippen molar-refractivity contribution in [3.63, 3.8) is 0 Å². The zero-order valence-electron chi connectivity index (χ0n) is 9.85. The lowest BCUT2D eigenvalue weighted by molar-refractivity contribution is -0.136. The minimum atomic E-state index is -4.49. The Morgan fingerprint density at radius 1 is 1.17 bits per heavy atom. The summed E-state index contributed by atoms with van der Waals surface area (Å²) in [6.07, 6.45) is -3.63. The highest BCUT2D eigenvalue weighted by molar-refractivity contribution is 5.86.